The molecule has 1 aromatic heterocycles. The predicted octanol–water partition coefficient (Wildman–Crippen LogP) is 7.50. The Labute approximate surface area is 204 Å². The minimum atomic E-state index is 0.894. The second-order valence-corrected chi connectivity index (χ2v) is 10.3. The fourth-order valence-electron chi connectivity index (χ4n) is 7.15. The molecule has 0 spiro atoms. The van der Waals surface area contributed by atoms with E-state index < -0.39 is 0 Å². The van der Waals surface area contributed by atoms with E-state index in [1.807, 2.05) is 6.20 Å². The Morgan fingerprint density at radius 3 is 2.17 bits per heavy atom. The third-order valence-corrected chi connectivity index (χ3v) is 8.56. The van der Waals surface area contributed by atoms with Gasteiger partial charge < -0.3 is 4.90 Å². The molecule has 3 heterocycles. The van der Waals surface area contributed by atoms with Crippen LogP contribution >= 0.6 is 0 Å². The maximum Gasteiger partial charge on any atom is 0.0716 e. The van der Waals surface area contributed by atoms with Crippen molar-refractivity contribution in [1.82, 2.24) is 4.98 Å². The number of rotatable bonds is 0. The molecule has 0 fully saturated rings. The maximum atomic E-state index is 4.93. The van der Waals surface area contributed by atoms with Crippen molar-refractivity contribution in [3.05, 3.63) is 130 Å². The first-order valence-corrected chi connectivity index (χ1v) is 12.6. The lowest BCUT2D eigenvalue weighted by molar-refractivity contribution is 0.961. The topological polar surface area (TPSA) is 16.1 Å². The van der Waals surface area contributed by atoms with Crippen LogP contribution in [0.1, 0.15) is 44.6 Å². The van der Waals surface area contributed by atoms with Crippen LogP contribution in [0.3, 0.4) is 0 Å². The van der Waals surface area contributed by atoms with Gasteiger partial charge in [0.2, 0.25) is 0 Å². The molecule has 0 atom stereocenters. The van der Waals surface area contributed by atoms with Crippen molar-refractivity contribution in [3.8, 4) is 22.3 Å². The van der Waals surface area contributed by atoms with Crippen LogP contribution in [0.4, 0.5) is 17.1 Å². The summed E-state index contributed by atoms with van der Waals surface area (Å²) >= 11 is 0. The lowest BCUT2D eigenvalue weighted by atomic mass is 9.84. The Hall–Kier alpha value is -4.17. The quantitative estimate of drug-likeness (QED) is 0.240. The van der Waals surface area contributed by atoms with Gasteiger partial charge in [-0.15, -0.1) is 0 Å². The average molecular weight is 447 g/mol. The summed E-state index contributed by atoms with van der Waals surface area (Å²) in [5.74, 6) is 0. The van der Waals surface area contributed by atoms with E-state index in [4.69, 9.17) is 4.98 Å². The highest BCUT2D eigenvalue weighted by atomic mass is 15.2. The van der Waals surface area contributed by atoms with Crippen LogP contribution in [-0.2, 0) is 25.7 Å². The first-order valence-electron chi connectivity index (χ1n) is 12.6. The zero-order chi connectivity index (χ0) is 22.7. The van der Waals surface area contributed by atoms with Crippen molar-refractivity contribution in [2.45, 2.75) is 25.7 Å². The summed E-state index contributed by atoms with van der Waals surface area (Å²) in [6, 6.07) is 29.6. The molecule has 2 heteroatoms. The van der Waals surface area contributed by atoms with Gasteiger partial charge in [-0.3, -0.25) is 4.98 Å². The van der Waals surface area contributed by atoms with E-state index in [1.165, 1.54) is 84.0 Å². The van der Waals surface area contributed by atoms with E-state index in [1.54, 1.807) is 0 Å². The number of anilines is 3. The van der Waals surface area contributed by atoms with Gasteiger partial charge >= 0.3 is 0 Å². The van der Waals surface area contributed by atoms with Crippen LogP contribution in [0, 0.1) is 0 Å². The smallest absolute Gasteiger partial charge is 0.0716 e. The van der Waals surface area contributed by atoms with Gasteiger partial charge in [0.25, 0.3) is 0 Å². The zero-order valence-electron chi connectivity index (χ0n) is 19.3. The van der Waals surface area contributed by atoms with Gasteiger partial charge in [-0.05, 0) is 92.2 Å². The van der Waals surface area contributed by atoms with Crippen LogP contribution in [0.25, 0.3) is 22.3 Å². The number of para-hydroxylation sites is 1. The summed E-state index contributed by atoms with van der Waals surface area (Å²) in [6.07, 6.45) is 5.94. The number of fused-ring (bicyclic) bond motifs is 12. The van der Waals surface area contributed by atoms with Crippen LogP contribution in [0.5, 0.6) is 0 Å². The van der Waals surface area contributed by atoms with E-state index in [0.29, 0.717) is 0 Å². The molecule has 0 saturated carbocycles. The number of pyridine rings is 1. The van der Waals surface area contributed by atoms with Gasteiger partial charge in [-0.2, -0.15) is 0 Å². The Balaban J connectivity index is 1.36. The third kappa shape index (κ3) is 2.23. The van der Waals surface area contributed by atoms with Gasteiger partial charge in [-0.25, -0.2) is 0 Å². The number of hydrogen-bond donors (Lipinski definition) is 0. The summed E-state index contributed by atoms with van der Waals surface area (Å²) in [5, 5.41) is 0. The van der Waals surface area contributed by atoms with Gasteiger partial charge in [0, 0.05) is 24.7 Å². The molecule has 0 saturated heterocycles. The monoisotopic (exact) mass is 446 g/mol. The highest BCUT2D eigenvalue weighted by Gasteiger charge is 2.37. The zero-order valence-corrected chi connectivity index (χ0v) is 19.3. The number of aromatic nitrogens is 1. The van der Waals surface area contributed by atoms with Crippen molar-refractivity contribution in [2.75, 3.05) is 4.90 Å². The Morgan fingerprint density at radius 1 is 0.514 bits per heavy atom. The normalized spacial score (nSPS) is 14.9. The average Bonchev–Trinajstić information content (AvgIpc) is 3.46. The van der Waals surface area contributed by atoms with Crippen LogP contribution in [0.2, 0.25) is 0 Å². The molecule has 9 rings (SSSR count). The van der Waals surface area contributed by atoms with Gasteiger partial charge in [-0.1, -0.05) is 60.7 Å². The minimum absolute atomic E-state index is 0.894. The first-order chi connectivity index (χ1) is 17.3. The Bertz CT molecular complexity index is 1760. The summed E-state index contributed by atoms with van der Waals surface area (Å²) < 4.78 is 0. The van der Waals surface area contributed by atoms with Crippen molar-refractivity contribution >= 4 is 17.1 Å². The number of hydrogen-bond acceptors (Lipinski definition) is 2. The molecule has 0 bridgehead atoms. The molecule has 2 aliphatic heterocycles. The number of nitrogens with zero attached hydrogens (tertiary/aromatic N) is 2. The number of benzene rings is 4. The van der Waals surface area contributed by atoms with Crippen LogP contribution in [0.15, 0.2) is 85.1 Å². The van der Waals surface area contributed by atoms with Gasteiger partial charge in [0.1, 0.15) is 0 Å². The molecule has 2 aliphatic carbocycles. The highest BCUT2D eigenvalue weighted by molar-refractivity contribution is 6.00. The van der Waals surface area contributed by atoms with Crippen molar-refractivity contribution in [2.24, 2.45) is 0 Å². The standard InChI is InChI=1S/C33H22N2/c1-3-7-25-19(5-1)15-21-9-10-23-17-22-11-12-29-26(31(22)32(23)30(21)25)18-27-33-24(13-14-34-27)16-20-6-2-4-8-28(20)35(29)33/h1-14H,15-18H2. The summed E-state index contributed by atoms with van der Waals surface area (Å²) in [4.78, 5) is 7.44. The van der Waals surface area contributed by atoms with E-state index in [-0.39, 0.29) is 0 Å². The minimum Gasteiger partial charge on any atom is -0.308 e. The summed E-state index contributed by atoms with van der Waals surface area (Å²) in [6.45, 7) is 0. The highest BCUT2D eigenvalue weighted by Crippen LogP contribution is 2.56. The second kappa shape index (κ2) is 6.28. The van der Waals surface area contributed by atoms with E-state index >= 15 is 0 Å². The Kier molecular flexibility index (Phi) is 3.27. The molecule has 35 heavy (non-hydrogen) atoms. The molecule has 0 radical (unpaired) electrons. The molecular weight excluding hydrogens is 424 g/mol. The molecule has 5 aromatic rings. The second-order valence-electron chi connectivity index (χ2n) is 10.3. The predicted molar refractivity (Wildman–Crippen MR) is 141 cm³/mol. The van der Waals surface area contributed by atoms with Crippen molar-refractivity contribution in [3.63, 3.8) is 0 Å². The molecule has 4 aromatic carbocycles. The molecule has 0 unspecified atom stereocenters. The van der Waals surface area contributed by atoms with Gasteiger partial charge in [0.05, 0.1) is 17.1 Å². The molecule has 164 valence electrons. The fraction of sp³-hybridized carbons (Fsp3) is 0.121. The Morgan fingerprint density at radius 2 is 1.23 bits per heavy atom. The van der Waals surface area contributed by atoms with Crippen molar-refractivity contribution in [1.29, 1.82) is 0 Å². The lowest BCUT2D eigenvalue weighted by Gasteiger charge is -2.39. The summed E-state index contributed by atoms with van der Waals surface area (Å²) in [5.41, 5.74) is 21.0. The maximum absolute atomic E-state index is 4.93. The molecular formula is C33H22N2. The van der Waals surface area contributed by atoms with Crippen molar-refractivity contribution < 1.29 is 0 Å². The molecule has 2 nitrogen and oxygen atoms in total. The van der Waals surface area contributed by atoms with Crippen LogP contribution < -0.4 is 4.90 Å². The summed E-state index contributed by atoms with van der Waals surface area (Å²) in [7, 11) is 0. The largest absolute Gasteiger partial charge is 0.308 e. The van der Waals surface area contributed by atoms with E-state index in [2.05, 4.69) is 83.8 Å². The first kappa shape index (κ1) is 18.2. The van der Waals surface area contributed by atoms with E-state index in [9.17, 15) is 0 Å². The lowest BCUT2D eigenvalue weighted by Crippen LogP contribution is -2.25. The van der Waals surface area contributed by atoms with Gasteiger partial charge in [0.15, 0.2) is 0 Å². The molecule has 0 N–H and O–H groups in total. The third-order valence-electron chi connectivity index (χ3n) is 8.56. The SMILES string of the molecule is c1ccc2c(c1)Cc1ccc3c(c1-2)-c1c(ccc2c1Cc1nccc4c1N2c1ccccc1C4)C3. The fourth-order valence-corrected chi connectivity index (χ4v) is 7.15. The van der Waals surface area contributed by atoms with E-state index in [0.717, 1.165) is 25.7 Å². The molecule has 0 amide bonds. The molecule has 4 aliphatic rings. The van der Waals surface area contributed by atoms with Crippen LogP contribution in [-0.4, -0.2) is 4.98 Å².